The third kappa shape index (κ3) is 6.16. The number of amides is 2. The number of hydrogen-bond acceptors (Lipinski definition) is 6. The first-order valence-electron chi connectivity index (χ1n) is 10.8. The van der Waals surface area contributed by atoms with Crippen LogP contribution in [0.4, 0.5) is 5.13 Å². The fourth-order valence-corrected chi connectivity index (χ4v) is 3.95. The molecule has 3 aromatic rings. The van der Waals surface area contributed by atoms with E-state index in [1.807, 2.05) is 50.2 Å². The summed E-state index contributed by atoms with van der Waals surface area (Å²) in [6.07, 6.45) is 0. The molecule has 0 unspecified atom stereocenters. The lowest BCUT2D eigenvalue weighted by Crippen LogP contribution is -2.47. The van der Waals surface area contributed by atoms with Crippen molar-refractivity contribution in [1.82, 2.24) is 15.5 Å². The number of nitrogens with zero attached hydrogens (tertiary/aromatic N) is 2. The number of ether oxygens (including phenoxy) is 1. The van der Waals surface area contributed by atoms with Crippen molar-refractivity contribution < 1.29 is 14.3 Å². The van der Waals surface area contributed by atoms with Crippen LogP contribution in [0.2, 0.25) is 0 Å². The maximum absolute atomic E-state index is 12.9. The Hall–Kier alpha value is -3.26. The Balaban J connectivity index is 1.69. The number of benzene rings is 2. The fourth-order valence-electron chi connectivity index (χ4n) is 3.21. The number of hydrogen-bond donors (Lipinski definition) is 2. The highest BCUT2D eigenvalue weighted by Gasteiger charge is 2.26. The van der Waals surface area contributed by atoms with E-state index in [-0.39, 0.29) is 23.1 Å². The van der Waals surface area contributed by atoms with E-state index in [2.05, 4.69) is 41.6 Å². The summed E-state index contributed by atoms with van der Waals surface area (Å²) >= 11 is 1.26. The van der Waals surface area contributed by atoms with Gasteiger partial charge in [0.15, 0.2) is 0 Å². The number of nitrogens with one attached hydrogen (secondary N) is 2. The average molecular weight is 467 g/mol. The van der Waals surface area contributed by atoms with Crippen LogP contribution in [0.5, 0.6) is 5.75 Å². The lowest BCUT2D eigenvalue weighted by atomic mass is 9.86. The van der Waals surface area contributed by atoms with Crippen LogP contribution in [0.15, 0.2) is 48.5 Å². The Kier molecular flexibility index (Phi) is 7.48. The van der Waals surface area contributed by atoms with E-state index in [4.69, 9.17) is 4.74 Å². The number of carbonyl (C=O) groups excluding carboxylic acids is 2. The van der Waals surface area contributed by atoms with Crippen LogP contribution in [0.1, 0.15) is 50.5 Å². The molecule has 0 radical (unpaired) electrons. The Morgan fingerprint density at radius 1 is 1.03 bits per heavy atom. The molecule has 8 heteroatoms. The summed E-state index contributed by atoms with van der Waals surface area (Å²) < 4.78 is 5.25. The second-order valence-electron chi connectivity index (χ2n) is 9.16. The summed E-state index contributed by atoms with van der Waals surface area (Å²) in [6, 6.07) is 14.2. The van der Waals surface area contributed by atoms with Crippen molar-refractivity contribution in [1.29, 1.82) is 0 Å². The number of rotatable bonds is 7. The molecule has 0 saturated carbocycles. The van der Waals surface area contributed by atoms with Gasteiger partial charge in [0, 0.05) is 11.1 Å². The molecule has 3 rings (SSSR count). The summed E-state index contributed by atoms with van der Waals surface area (Å²) in [5, 5.41) is 14.9. The van der Waals surface area contributed by atoms with Gasteiger partial charge in [0.05, 0.1) is 7.11 Å². The van der Waals surface area contributed by atoms with E-state index in [1.165, 1.54) is 11.3 Å². The van der Waals surface area contributed by atoms with Gasteiger partial charge in [-0.25, -0.2) is 0 Å². The molecular formula is C25H30N4O3S. The maximum Gasteiger partial charge on any atom is 0.251 e. The molecule has 0 aliphatic heterocycles. The molecule has 1 atom stereocenters. The first-order valence-corrected chi connectivity index (χ1v) is 11.6. The smallest absolute Gasteiger partial charge is 0.251 e. The second-order valence-corrected chi connectivity index (χ2v) is 10.1. The van der Waals surface area contributed by atoms with Crippen molar-refractivity contribution in [3.63, 3.8) is 0 Å². The topological polar surface area (TPSA) is 93.2 Å². The molecule has 0 saturated heterocycles. The number of anilines is 1. The minimum atomic E-state index is -0.719. The van der Waals surface area contributed by atoms with Gasteiger partial charge in [-0.3, -0.25) is 14.9 Å². The minimum absolute atomic E-state index is 0.000831. The van der Waals surface area contributed by atoms with Gasteiger partial charge < -0.3 is 10.1 Å². The van der Waals surface area contributed by atoms with Crippen LogP contribution < -0.4 is 15.4 Å². The Labute approximate surface area is 198 Å². The van der Waals surface area contributed by atoms with Crippen LogP contribution >= 0.6 is 11.3 Å². The quantitative estimate of drug-likeness (QED) is 0.516. The average Bonchev–Trinajstić information content (AvgIpc) is 3.25. The standard InChI is InChI=1S/C25H30N4O3S/c1-15(2)20(26-21(30)16-10-12-18(13-11-16)25(3,4)5)22(31)27-24-29-28-23(33-24)17-8-7-9-19(14-17)32-6/h7-15,20H,1-6H3,(H,26,30)(H,27,29,31)/t20-/m0/s1. The highest BCUT2D eigenvalue weighted by Crippen LogP contribution is 2.29. The highest BCUT2D eigenvalue weighted by molar-refractivity contribution is 7.18. The predicted octanol–water partition coefficient (Wildman–Crippen LogP) is 4.90. The van der Waals surface area contributed by atoms with Gasteiger partial charge >= 0.3 is 0 Å². The van der Waals surface area contributed by atoms with E-state index in [1.54, 1.807) is 19.2 Å². The first kappa shape index (κ1) is 24.4. The number of methoxy groups -OCH3 is 1. The molecule has 1 heterocycles. The molecular weight excluding hydrogens is 436 g/mol. The zero-order valence-corrected chi connectivity index (χ0v) is 20.6. The van der Waals surface area contributed by atoms with E-state index >= 15 is 0 Å². The van der Waals surface area contributed by atoms with Crippen LogP contribution in [-0.4, -0.2) is 35.2 Å². The van der Waals surface area contributed by atoms with Gasteiger partial charge in [-0.1, -0.05) is 70.2 Å². The van der Waals surface area contributed by atoms with E-state index in [0.717, 1.165) is 11.1 Å². The maximum atomic E-state index is 12.9. The Morgan fingerprint density at radius 3 is 2.33 bits per heavy atom. The monoisotopic (exact) mass is 466 g/mol. The number of carbonyl (C=O) groups is 2. The largest absolute Gasteiger partial charge is 0.497 e. The summed E-state index contributed by atoms with van der Waals surface area (Å²) in [6.45, 7) is 10.1. The molecule has 0 bridgehead atoms. The molecule has 2 aromatic carbocycles. The van der Waals surface area contributed by atoms with E-state index in [0.29, 0.717) is 21.5 Å². The van der Waals surface area contributed by atoms with Crippen LogP contribution in [0.25, 0.3) is 10.6 Å². The highest BCUT2D eigenvalue weighted by atomic mass is 32.1. The lowest BCUT2D eigenvalue weighted by Gasteiger charge is -2.22. The Bertz CT molecular complexity index is 1120. The van der Waals surface area contributed by atoms with Crippen LogP contribution in [0, 0.1) is 5.92 Å². The molecule has 2 N–H and O–H groups in total. The van der Waals surface area contributed by atoms with Gasteiger partial charge in [0.1, 0.15) is 16.8 Å². The van der Waals surface area contributed by atoms with Crippen molar-refractivity contribution in [2.75, 3.05) is 12.4 Å². The summed E-state index contributed by atoms with van der Waals surface area (Å²) in [5.41, 5.74) is 2.50. The van der Waals surface area contributed by atoms with Crippen molar-refractivity contribution in [2.45, 2.75) is 46.1 Å². The first-order chi connectivity index (χ1) is 15.6. The lowest BCUT2D eigenvalue weighted by molar-refractivity contribution is -0.118. The Morgan fingerprint density at radius 2 is 1.73 bits per heavy atom. The third-order valence-electron chi connectivity index (χ3n) is 5.22. The van der Waals surface area contributed by atoms with Gasteiger partial charge in [0.25, 0.3) is 5.91 Å². The van der Waals surface area contributed by atoms with Gasteiger partial charge in [-0.2, -0.15) is 0 Å². The molecule has 0 spiro atoms. The third-order valence-corrected chi connectivity index (χ3v) is 6.11. The molecule has 33 heavy (non-hydrogen) atoms. The second kappa shape index (κ2) is 10.1. The molecule has 7 nitrogen and oxygen atoms in total. The van der Waals surface area contributed by atoms with Crippen molar-refractivity contribution in [3.05, 3.63) is 59.7 Å². The molecule has 1 aromatic heterocycles. The van der Waals surface area contributed by atoms with Crippen LogP contribution in [0.3, 0.4) is 0 Å². The fraction of sp³-hybridized carbons (Fsp3) is 0.360. The molecule has 174 valence electrons. The molecule has 0 aliphatic carbocycles. The van der Waals surface area contributed by atoms with E-state index < -0.39 is 6.04 Å². The van der Waals surface area contributed by atoms with Crippen molar-refractivity contribution in [3.8, 4) is 16.3 Å². The summed E-state index contributed by atoms with van der Waals surface area (Å²) in [7, 11) is 1.60. The van der Waals surface area contributed by atoms with Gasteiger partial charge in [-0.15, -0.1) is 10.2 Å². The van der Waals surface area contributed by atoms with Crippen LogP contribution in [-0.2, 0) is 10.2 Å². The van der Waals surface area contributed by atoms with E-state index in [9.17, 15) is 9.59 Å². The molecule has 0 aliphatic rings. The van der Waals surface area contributed by atoms with Gasteiger partial charge in [0.2, 0.25) is 11.0 Å². The molecule has 0 fully saturated rings. The van der Waals surface area contributed by atoms with Gasteiger partial charge in [-0.05, 0) is 41.2 Å². The zero-order valence-electron chi connectivity index (χ0n) is 19.8. The molecule has 2 amide bonds. The van der Waals surface area contributed by atoms with Crippen molar-refractivity contribution >= 4 is 28.3 Å². The SMILES string of the molecule is COc1cccc(-c2nnc(NC(=O)[C@@H](NC(=O)c3ccc(C(C)(C)C)cc3)C(C)C)s2)c1. The summed E-state index contributed by atoms with van der Waals surface area (Å²) in [5.74, 6) is -0.0309. The zero-order chi connectivity index (χ0) is 24.2. The normalized spacial score (nSPS) is 12.3. The van der Waals surface area contributed by atoms with Crippen molar-refractivity contribution in [2.24, 2.45) is 5.92 Å². The summed E-state index contributed by atoms with van der Waals surface area (Å²) in [4.78, 5) is 25.7. The predicted molar refractivity (Wildman–Crippen MR) is 132 cm³/mol. The minimum Gasteiger partial charge on any atom is -0.497 e. The number of aromatic nitrogens is 2.